The van der Waals surface area contributed by atoms with Gasteiger partial charge in [0.1, 0.15) is 30.0 Å². The number of thiol groups is 1. The Balaban J connectivity index is 0.946. The Morgan fingerprint density at radius 1 is 1.02 bits per heavy atom. The van der Waals surface area contributed by atoms with Crippen LogP contribution in [-0.4, -0.2) is 100 Å². The van der Waals surface area contributed by atoms with Crippen molar-refractivity contribution in [3.63, 3.8) is 0 Å². The lowest BCUT2D eigenvalue weighted by molar-refractivity contribution is -0.138. The number of nitrogens with one attached hydrogen (secondary N) is 3. The molecule has 0 bridgehead atoms. The van der Waals surface area contributed by atoms with Crippen molar-refractivity contribution < 1.29 is 37.1 Å². The molecule has 318 valence electrons. The molecule has 4 fully saturated rings. The van der Waals surface area contributed by atoms with Crippen LogP contribution >= 0.6 is 12.6 Å². The summed E-state index contributed by atoms with van der Waals surface area (Å²) in [6.45, 7) is 10.3. The van der Waals surface area contributed by atoms with Gasteiger partial charge in [-0.05, 0) is 101 Å². The normalized spacial score (nSPS) is 23.6. The van der Waals surface area contributed by atoms with Crippen molar-refractivity contribution in [2.75, 3.05) is 53.2 Å². The summed E-state index contributed by atoms with van der Waals surface area (Å²) in [5.41, 5.74) is -1.33. The van der Waals surface area contributed by atoms with E-state index in [9.17, 15) is 37.6 Å². The second-order valence-electron chi connectivity index (χ2n) is 16.4. The fraction of sp³-hybridized carbons (Fsp3) is 0.476. The summed E-state index contributed by atoms with van der Waals surface area (Å²) < 4.78 is 47.8. The maximum Gasteiger partial charge on any atom is 0.419 e. The van der Waals surface area contributed by atoms with Crippen LogP contribution in [0.5, 0.6) is 5.75 Å². The van der Waals surface area contributed by atoms with E-state index in [0.29, 0.717) is 43.2 Å². The van der Waals surface area contributed by atoms with Gasteiger partial charge in [0.15, 0.2) is 11.2 Å². The number of anilines is 4. The number of nitriles is 1. The highest BCUT2D eigenvalue weighted by Crippen LogP contribution is 2.48. The third-order valence-electron chi connectivity index (χ3n) is 11.6. The maximum absolute atomic E-state index is 13.8. The quantitative estimate of drug-likeness (QED) is 0.138. The molecule has 3 N–H and O–H groups in total. The number of hydrogen-bond acceptors (Lipinski definition) is 12. The van der Waals surface area contributed by atoms with Crippen molar-refractivity contribution in [3.05, 3.63) is 71.5 Å². The van der Waals surface area contributed by atoms with Crippen molar-refractivity contribution in [3.8, 4) is 11.8 Å². The van der Waals surface area contributed by atoms with E-state index in [1.807, 2.05) is 18.2 Å². The SMILES string of the molecule is C[C@@H]1CN(CC(=O)Nc2cccc(NC3CCC(=O)NC3=O)c2)[C@H](C)CN1CCOc1ccc(N2[C@@H](S)N(c3cnc(C#N)c(C(F)(F)F)c3)C(=O)C2(C)C)cc1C1CC1. The smallest absolute Gasteiger partial charge is 0.419 e. The average Bonchev–Trinajstić information content (AvgIpc) is 4.01. The summed E-state index contributed by atoms with van der Waals surface area (Å²) in [5, 5.41) is 17.7. The molecule has 1 aliphatic carbocycles. The molecule has 60 heavy (non-hydrogen) atoms. The predicted octanol–water partition coefficient (Wildman–Crippen LogP) is 5.32. The molecule has 3 aliphatic heterocycles. The molecule has 3 aromatic rings. The molecule has 7 rings (SSSR count). The molecular weight excluding hydrogens is 800 g/mol. The Labute approximate surface area is 351 Å². The average molecular weight is 848 g/mol. The number of hydrogen-bond donors (Lipinski definition) is 4. The minimum Gasteiger partial charge on any atom is -0.492 e. The van der Waals surface area contributed by atoms with Crippen molar-refractivity contribution in [1.29, 1.82) is 5.26 Å². The van der Waals surface area contributed by atoms with Crippen LogP contribution in [0.3, 0.4) is 0 Å². The summed E-state index contributed by atoms with van der Waals surface area (Å²) in [4.78, 5) is 61.8. The molecule has 1 unspecified atom stereocenters. The number of piperidine rings is 1. The van der Waals surface area contributed by atoms with Crippen molar-refractivity contribution in [2.24, 2.45) is 0 Å². The van der Waals surface area contributed by atoms with Crippen LogP contribution in [0.2, 0.25) is 0 Å². The number of benzene rings is 2. The molecule has 14 nitrogen and oxygen atoms in total. The molecule has 18 heteroatoms. The number of piperazine rings is 1. The van der Waals surface area contributed by atoms with Gasteiger partial charge in [-0.25, -0.2) is 4.98 Å². The minimum atomic E-state index is -4.84. The Kier molecular flexibility index (Phi) is 12.1. The fourth-order valence-electron chi connectivity index (χ4n) is 8.21. The van der Waals surface area contributed by atoms with Gasteiger partial charge in [-0.1, -0.05) is 6.07 Å². The number of amides is 4. The van der Waals surface area contributed by atoms with Crippen LogP contribution in [0.15, 0.2) is 54.7 Å². The summed E-state index contributed by atoms with van der Waals surface area (Å²) >= 11 is 4.74. The van der Waals surface area contributed by atoms with Gasteiger partial charge in [0, 0.05) is 55.2 Å². The van der Waals surface area contributed by atoms with Gasteiger partial charge in [0.2, 0.25) is 17.7 Å². The van der Waals surface area contributed by atoms with Gasteiger partial charge in [0.05, 0.1) is 24.0 Å². The molecule has 4 amide bonds. The van der Waals surface area contributed by atoms with E-state index in [2.05, 4.69) is 44.6 Å². The largest absolute Gasteiger partial charge is 0.492 e. The van der Waals surface area contributed by atoms with Crippen molar-refractivity contribution in [1.82, 2.24) is 20.1 Å². The predicted molar refractivity (Wildman–Crippen MR) is 222 cm³/mol. The second-order valence-corrected chi connectivity index (χ2v) is 16.9. The number of ether oxygens (including phenoxy) is 1. The Bertz CT molecular complexity index is 2210. The van der Waals surface area contributed by atoms with Gasteiger partial charge >= 0.3 is 6.18 Å². The topological polar surface area (TPSA) is 163 Å². The lowest BCUT2D eigenvalue weighted by atomic mass is 10.0. The van der Waals surface area contributed by atoms with Crippen LogP contribution < -0.4 is 30.5 Å². The molecule has 4 atom stereocenters. The summed E-state index contributed by atoms with van der Waals surface area (Å²) in [7, 11) is 0. The highest BCUT2D eigenvalue weighted by atomic mass is 32.1. The highest BCUT2D eigenvalue weighted by molar-refractivity contribution is 7.81. The molecule has 1 saturated carbocycles. The zero-order valence-corrected chi connectivity index (χ0v) is 34.6. The first kappa shape index (κ1) is 42.7. The van der Waals surface area contributed by atoms with E-state index in [1.54, 1.807) is 43.0 Å². The molecule has 2 aromatic carbocycles. The second kappa shape index (κ2) is 16.9. The Morgan fingerprint density at radius 3 is 2.43 bits per heavy atom. The third kappa shape index (κ3) is 9.03. The summed E-state index contributed by atoms with van der Waals surface area (Å²) in [6, 6.07) is 14.8. The van der Waals surface area contributed by atoms with E-state index in [1.165, 1.54) is 11.0 Å². The lowest BCUT2D eigenvalue weighted by Gasteiger charge is -2.43. The number of pyridine rings is 1. The number of imide groups is 1. The monoisotopic (exact) mass is 847 g/mol. The van der Waals surface area contributed by atoms with Crippen LogP contribution in [0.4, 0.5) is 35.9 Å². The zero-order chi connectivity index (χ0) is 43.1. The van der Waals surface area contributed by atoms with E-state index >= 15 is 0 Å². The molecule has 4 aliphatic rings. The van der Waals surface area contributed by atoms with E-state index in [-0.39, 0.29) is 54.4 Å². The molecule has 4 heterocycles. The van der Waals surface area contributed by atoms with E-state index < -0.39 is 40.4 Å². The summed E-state index contributed by atoms with van der Waals surface area (Å²) in [6.07, 6.45) is -1.14. The lowest BCUT2D eigenvalue weighted by Crippen LogP contribution is -2.58. The fourth-order valence-corrected chi connectivity index (χ4v) is 8.87. The molecular formula is C42H48F3N9O5S. The first-order valence-corrected chi connectivity index (χ1v) is 20.5. The van der Waals surface area contributed by atoms with Crippen LogP contribution in [0, 0.1) is 11.3 Å². The summed E-state index contributed by atoms with van der Waals surface area (Å²) in [5.74, 6) is -0.268. The first-order chi connectivity index (χ1) is 28.4. The maximum atomic E-state index is 13.8. The number of carbonyl (C=O) groups is 4. The molecule has 3 saturated heterocycles. The van der Waals surface area contributed by atoms with Gasteiger partial charge in [-0.3, -0.25) is 39.2 Å². The molecule has 0 radical (unpaired) electrons. The zero-order valence-electron chi connectivity index (χ0n) is 33.8. The van der Waals surface area contributed by atoms with E-state index in [0.717, 1.165) is 43.0 Å². The van der Waals surface area contributed by atoms with Crippen molar-refractivity contribution >= 4 is 59.0 Å². The number of carbonyl (C=O) groups excluding carboxylic acids is 4. The van der Waals surface area contributed by atoms with Gasteiger partial charge in [-0.2, -0.15) is 18.4 Å². The molecule has 1 aromatic heterocycles. The van der Waals surface area contributed by atoms with Crippen LogP contribution in [-0.2, 0) is 25.4 Å². The van der Waals surface area contributed by atoms with Crippen LogP contribution in [0.25, 0.3) is 0 Å². The Morgan fingerprint density at radius 2 is 1.73 bits per heavy atom. The van der Waals surface area contributed by atoms with Crippen LogP contribution in [0.1, 0.15) is 76.1 Å². The van der Waals surface area contributed by atoms with Crippen molar-refractivity contribution in [2.45, 2.75) is 94.6 Å². The number of nitrogens with zero attached hydrogens (tertiary/aromatic N) is 6. The van der Waals surface area contributed by atoms with Gasteiger partial charge < -0.3 is 20.3 Å². The minimum absolute atomic E-state index is 0.0918. The molecule has 0 spiro atoms. The number of halogens is 3. The highest BCUT2D eigenvalue weighted by Gasteiger charge is 2.52. The van der Waals surface area contributed by atoms with Gasteiger partial charge in [-0.15, -0.1) is 12.6 Å². The van der Waals surface area contributed by atoms with Gasteiger partial charge in [0.25, 0.3) is 5.91 Å². The van der Waals surface area contributed by atoms with E-state index in [4.69, 9.17) is 17.4 Å². The number of aromatic nitrogens is 1. The first-order valence-electron chi connectivity index (χ1n) is 20.0. The number of alkyl halides is 3. The Hall–Kier alpha value is -5.38. The standard InChI is InChI=1S/C42H48F3N9O5S/c1-24-22-52(23-37(56)49-28-7-5-6-27(16-28)48-33-11-13-36(55)50-38(33)57)25(2)21-51(24)14-15-59-35-12-10-29(17-31(35)26-8-9-26)54-40(60)53(39(58)41(54,3)4)30-18-32(42(43,44)45)34(19-46)47-20-30/h5-7,10,12,16-18,20,24-26,33,40,48,60H,8-9,11,13-15,21-23H2,1-4H3,(H,49,56)(H,50,55,57)/t24-,25-,33?,40+/m1/s1. The third-order valence-corrected chi connectivity index (χ3v) is 12.1. The number of rotatable bonds is 12.